The zero-order chi connectivity index (χ0) is 20.2. The van der Waals surface area contributed by atoms with Crippen molar-refractivity contribution in [3.8, 4) is 0 Å². The van der Waals surface area contributed by atoms with Gasteiger partial charge in [0, 0.05) is 0 Å². The highest BCUT2D eigenvalue weighted by atomic mass is 16.9. The van der Waals surface area contributed by atoms with Crippen molar-refractivity contribution in [2.75, 3.05) is 0 Å². The molecule has 0 aromatic carbocycles. The summed E-state index contributed by atoms with van der Waals surface area (Å²) in [5.41, 5.74) is 0. The van der Waals surface area contributed by atoms with Crippen molar-refractivity contribution < 1.29 is 18.9 Å². The SMILES string of the molecule is CCCCCCCCC(OC(C)C)C(OC(C)C)(OC(C)C)OC(C)C. The molecule has 0 saturated carbocycles. The molecule has 0 N–H and O–H groups in total. The minimum absolute atomic E-state index is 0.0182. The average molecular weight is 375 g/mol. The Labute approximate surface area is 163 Å². The summed E-state index contributed by atoms with van der Waals surface area (Å²) >= 11 is 0. The van der Waals surface area contributed by atoms with Gasteiger partial charge in [0.1, 0.15) is 6.10 Å². The van der Waals surface area contributed by atoms with Gasteiger partial charge in [-0.2, -0.15) is 0 Å². The van der Waals surface area contributed by atoms with E-state index in [0.29, 0.717) is 0 Å². The Morgan fingerprint density at radius 1 is 0.577 bits per heavy atom. The fourth-order valence-corrected chi connectivity index (χ4v) is 3.06. The van der Waals surface area contributed by atoms with Gasteiger partial charge >= 0.3 is 5.97 Å². The summed E-state index contributed by atoms with van der Waals surface area (Å²) in [7, 11) is 0. The zero-order valence-electron chi connectivity index (χ0n) is 19.0. The smallest absolute Gasteiger partial charge is 0.311 e. The summed E-state index contributed by atoms with van der Waals surface area (Å²) in [4.78, 5) is 0. The lowest BCUT2D eigenvalue weighted by Gasteiger charge is -2.43. The number of rotatable bonds is 16. The maximum atomic E-state index is 6.27. The molecule has 0 aromatic heterocycles. The van der Waals surface area contributed by atoms with Gasteiger partial charge in [-0.3, -0.25) is 0 Å². The quantitative estimate of drug-likeness (QED) is 0.229. The van der Waals surface area contributed by atoms with Gasteiger partial charge in [-0.15, -0.1) is 0 Å². The van der Waals surface area contributed by atoms with Crippen molar-refractivity contribution in [1.29, 1.82) is 0 Å². The van der Waals surface area contributed by atoms with Crippen molar-refractivity contribution in [1.82, 2.24) is 0 Å². The minimum Gasteiger partial charge on any atom is -0.367 e. The molecule has 0 fully saturated rings. The van der Waals surface area contributed by atoms with Crippen LogP contribution in [0.25, 0.3) is 0 Å². The van der Waals surface area contributed by atoms with E-state index in [2.05, 4.69) is 20.8 Å². The molecule has 0 aliphatic heterocycles. The van der Waals surface area contributed by atoms with Gasteiger partial charge in [-0.05, 0) is 61.8 Å². The first-order valence-corrected chi connectivity index (χ1v) is 10.8. The molecule has 4 nitrogen and oxygen atoms in total. The highest BCUT2D eigenvalue weighted by Gasteiger charge is 2.46. The second-order valence-electron chi connectivity index (χ2n) is 8.33. The van der Waals surface area contributed by atoms with Gasteiger partial charge in [-0.1, -0.05) is 45.4 Å². The predicted molar refractivity (Wildman–Crippen MR) is 109 cm³/mol. The second-order valence-corrected chi connectivity index (χ2v) is 8.33. The molecule has 26 heavy (non-hydrogen) atoms. The van der Waals surface area contributed by atoms with E-state index in [0.717, 1.165) is 12.8 Å². The average Bonchev–Trinajstić information content (AvgIpc) is 2.46. The van der Waals surface area contributed by atoms with Gasteiger partial charge in [-0.25, -0.2) is 0 Å². The van der Waals surface area contributed by atoms with Crippen LogP contribution >= 0.6 is 0 Å². The molecule has 1 atom stereocenters. The Morgan fingerprint density at radius 2 is 1.00 bits per heavy atom. The number of unbranched alkanes of at least 4 members (excludes halogenated alkanes) is 5. The topological polar surface area (TPSA) is 36.9 Å². The first kappa shape index (κ1) is 25.8. The molecular weight excluding hydrogens is 328 g/mol. The molecule has 0 aliphatic rings. The summed E-state index contributed by atoms with van der Waals surface area (Å²) in [6, 6.07) is 0. The summed E-state index contributed by atoms with van der Waals surface area (Å²) in [5.74, 6) is -1.16. The maximum Gasteiger partial charge on any atom is 0.311 e. The van der Waals surface area contributed by atoms with Gasteiger partial charge in [0.2, 0.25) is 0 Å². The molecule has 158 valence electrons. The summed E-state index contributed by atoms with van der Waals surface area (Å²) in [6.07, 6.45) is 8.13. The van der Waals surface area contributed by atoms with Gasteiger partial charge < -0.3 is 18.9 Å². The van der Waals surface area contributed by atoms with E-state index < -0.39 is 5.97 Å². The monoisotopic (exact) mass is 374 g/mol. The first-order chi connectivity index (χ1) is 12.1. The van der Waals surface area contributed by atoms with Crippen molar-refractivity contribution in [2.24, 2.45) is 0 Å². The predicted octanol–water partition coefficient (Wildman–Crippen LogP) is 6.46. The molecule has 0 saturated heterocycles. The Balaban J connectivity index is 5.26. The molecule has 0 amide bonds. The third kappa shape index (κ3) is 11.5. The lowest BCUT2D eigenvalue weighted by Crippen LogP contribution is -2.55. The normalized spacial score (nSPS) is 14.2. The van der Waals surface area contributed by atoms with Crippen LogP contribution in [0.4, 0.5) is 0 Å². The van der Waals surface area contributed by atoms with E-state index in [4.69, 9.17) is 18.9 Å². The molecular formula is C22H46O4. The Morgan fingerprint density at radius 3 is 1.38 bits per heavy atom. The van der Waals surface area contributed by atoms with Crippen LogP contribution in [0.1, 0.15) is 107 Å². The van der Waals surface area contributed by atoms with E-state index in [1.54, 1.807) is 0 Å². The van der Waals surface area contributed by atoms with Crippen molar-refractivity contribution >= 4 is 0 Å². The highest BCUT2D eigenvalue weighted by Crippen LogP contribution is 2.32. The molecule has 1 unspecified atom stereocenters. The van der Waals surface area contributed by atoms with Crippen LogP contribution in [0.15, 0.2) is 0 Å². The maximum absolute atomic E-state index is 6.27. The summed E-state index contributed by atoms with van der Waals surface area (Å²) < 4.78 is 25.0. The number of hydrogen-bond acceptors (Lipinski definition) is 4. The molecule has 0 radical (unpaired) electrons. The Bertz CT molecular complexity index is 300. The fraction of sp³-hybridized carbons (Fsp3) is 1.00. The molecule has 0 rings (SSSR count). The largest absolute Gasteiger partial charge is 0.367 e. The van der Waals surface area contributed by atoms with Crippen LogP contribution in [0.2, 0.25) is 0 Å². The zero-order valence-corrected chi connectivity index (χ0v) is 19.0. The van der Waals surface area contributed by atoms with Crippen LogP contribution in [0.3, 0.4) is 0 Å². The minimum atomic E-state index is -1.16. The third-order valence-electron chi connectivity index (χ3n) is 3.85. The molecule has 0 heterocycles. The van der Waals surface area contributed by atoms with Crippen molar-refractivity contribution in [2.45, 2.75) is 144 Å². The first-order valence-electron chi connectivity index (χ1n) is 10.8. The van der Waals surface area contributed by atoms with E-state index >= 15 is 0 Å². The standard InChI is InChI=1S/C22H46O4/c1-10-11-12-13-14-15-16-21(23-17(2)3)22(24-18(4)5,25-19(6)7)26-20(8)9/h17-21H,10-16H2,1-9H3. The van der Waals surface area contributed by atoms with E-state index in [9.17, 15) is 0 Å². The fourth-order valence-electron chi connectivity index (χ4n) is 3.06. The number of hydrogen-bond donors (Lipinski definition) is 0. The van der Waals surface area contributed by atoms with Crippen molar-refractivity contribution in [3.63, 3.8) is 0 Å². The summed E-state index contributed by atoms with van der Waals surface area (Å²) in [6.45, 7) is 18.4. The second kappa shape index (κ2) is 13.9. The molecule has 0 aliphatic carbocycles. The highest BCUT2D eigenvalue weighted by molar-refractivity contribution is 4.77. The number of ether oxygens (including phenoxy) is 4. The van der Waals surface area contributed by atoms with E-state index in [1.165, 1.54) is 32.1 Å². The summed E-state index contributed by atoms with van der Waals surface area (Å²) in [5, 5.41) is 0. The van der Waals surface area contributed by atoms with Gasteiger partial charge in [0.25, 0.3) is 0 Å². The van der Waals surface area contributed by atoms with Crippen LogP contribution in [-0.4, -0.2) is 36.5 Å². The lowest BCUT2D eigenvalue weighted by molar-refractivity contribution is -0.445. The Hall–Kier alpha value is -0.160. The van der Waals surface area contributed by atoms with Gasteiger partial charge in [0.05, 0.1) is 24.4 Å². The molecule has 0 bridgehead atoms. The van der Waals surface area contributed by atoms with Crippen LogP contribution in [0, 0.1) is 0 Å². The molecule has 0 spiro atoms. The van der Waals surface area contributed by atoms with E-state index in [1.807, 2.05) is 41.5 Å². The van der Waals surface area contributed by atoms with Crippen LogP contribution in [-0.2, 0) is 18.9 Å². The van der Waals surface area contributed by atoms with E-state index in [-0.39, 0.29) is 30.5 Å². The van der Waals surface area contributed by atoms with Crippen molar-refractivity contribution in [3.05, 3.63) is 0 Å². The molecule has 0 aromatic rings. The third-order valence-corrected chi connectivity index (χ3v) is 3.85. The van der Waals surface area contributed by atoms with Gasteiger partial charge in [0.15, 0.2) is 0 Å². The Kier molecular flexibility index (Phi) is 13.8. The lowest BCUT2D eigenvalue weighted by atomic mass is 10.0. The molecule has 4 heteroatoms. The van der Waals surface area contributed by atoms with Crippen LogP contribution < -0.4 is 0 Å². The van der Waals surface area contributed by atoms with Crippen LogP contribution in [0.5, 0.6) is 0 Å².